The molecule has 0 spiro atoms. The summed E-state index contributed by atoms with van der Waals surface area (Å²) in [6.45, 7) is 11.4. The van der Waals surface area contributed by atoms with Gasteiger partial charge in [-0.05, 0) is 65.2 Å². The highest BCUT2D eigenvalue weighted by atomic mass is 16.6. The fourth-order valence-corrected chi connectivity index (χ4v) is 3.18. The van der Waals surface area contributed by atoms with Crippen molar-refractivity contribution in [2.24, 2.45) is 0 Å². The largest absolute Gasteiger partial charge is 0.490 e. The van der Waals surface area contributed by atoms with Crippen LogP contribution in [0.2, 0.25) is 0 Å². The molecule has 1 fully saturated rings. The summed E-state index contributed by atoms with van der Waals surface area (Å²) in [4.78, 5) is 0. The topological polar surface area (TPSA) is 31.0 Å². The van der Waals surface area contributed by atoms with E-state index >= 15 is 0 Å². The minimum absolute atomic E-state index is 0.0331. The molecule has 23 heavy (non-hydrogen) atoms. The molecule has 2 aliphatic rings. The highest BCUT2D eigenvalue weighted by Crippen LogP contribution is 2.50. The van der Waals surface area contributed by atoms with E-state index in [2.05, 4.69) is 46.8 Å². The van der Waals surface area contributed by atoms with Crippen molar-refractivity contribution in [2.45, 2.75) is 71.2 Å². The Morgan fingerprint density at radius 2 is 2.09 bits per heavy atom. The second kappa shape index (κ2) is 5.86. The first-order valence-corrected chi connectivity index (χ1v) is 8.57. The number of fused-ring (bicyclic) bond motifs is 1. The first-order chi connectivity index (χ1) is 10.8. The van der Waals surface area contributed by atoms with Crippen molar-refractivity contribution in [1.82, 2.24) is 0 Å². The maximum Gasteiger partial charge on any atom is 0.126 e. The predicted molar refractivity (Wildman–Crippen MR) is 92.3 cm³/mol. The van der Waals surface area contributed by atoms with Crippen LogP contribution in [0.4, 0.5) is 0 Å². The standard InChI is InChI=1S/C20H28O3/c1-14(8-10-20(5)19(3,4)23-20)9-11-21-17-7-6-16-12-15(2)22-18(16)13-17/h6-7,9,13,15H,8,10-12H2,1-5H3. The Bertz CT molecular complexity index is 617. The average Bonchev–Trinajstić information content (AvgIpc) is 2.78. The SMILES string of the molecule is CC(=CCOc1ccc2c(c1)OC(C)C2)CCC1(C)OC1(C)C. The zero-order valence-corrected chi connectivity index (χ0v) is 14.9. The number of allylic oxidation sites excluding steroid dienone is 1. The molecule has 3 nitrogen and oxygen atoms in total. The molecule has 126 valence electrons. The summed E-state index contributed by atoms with van der Waals surface area (Å²) < 4.78 is 17.4. The summed E-state index contributed by atoms with van der Waals surface area (Å²) >= 11 is 0. The van der Waals surface area contributed by atoms with Gasteiger partial charge in [0.2, 0.25) is 0 Å². The van der Waals surface area contributed by atoms with Crippen LogP contribution in [0.25, 0.3) is 0 Å². The van der Waals surface area contributed by atoms with Crippen molar-refractivity contribution in [3.05, 3.63) is 35.4 Å². The van der Waals surface area contributed by atoms with E-state index < -0.39 is 0 Å². The first-order valence-electron chi connectivity index (χ1n) is 8.57. The van der Waals surface area contributed by atoms with Crippen LogP contribution in [0.15, 0.2) is 29.8 Å². The Balaban J connectivity index is 1.46. The smallest absolute Gasteiger partial charge is 0.126 e. The lowest BCUT2D eigenvalue weighted by Gasteiger charge is -2.10. The molecule has 0 aromatic heterocycles. The molecule has 1 aromatic carbocycles. The fourth-order valence-electron chi connectivity index (χ4n) is 3.18. The molecular formula is C20H28O3. The monoisotopic (exact) mass is 316 g/mol. The van der Waals surface area contributed by atoms with Crippen LogP contribution >= 0.6 is 0 Å². The van der Waals surface area contributed by atoms with E-state index in [1.54, 1.807) is 0 Å². The fraction of sp³-hybridized carbons (Fsp3) is 0.600. The predicted octanol–water partition coefficient (Wildman–Crippen LogP) is 4.68. The number of epoxide rings is 1. The number of ether oxygens (including phenoxy) is 3. The normalized spacial score (nSPS) is 28.2. The van der Waals surface area contributed by atoms with Gasteiger partial charge in [0.1, 0.15) is 24.2 Å². The molecule has 1 aromatic rings. The summed E-state index contributed by atoms with van der Waals surface area (Å²) in [6, 6.07) is 6.15. The summed E-state index contributed by atoms with van der Waals surface area (Å²) in [7, 11) is 0. The van der Waals surface area contributed by atoms with Gasteiger partial charge in [-0.1, -0.05) is 11.6 Å². The van der Waals surface area contributed by atoms with Gasteiger partial charge in [0.25, 0.3) is 0 Å². The molecule has 1 saturated heterocycles. The van der Waals surface area contributed by atoms with E-state index in [4.69, 9.17) is 14.2 Å². The lowest BCUT2D eigenvalue weighted by atomic mass is 9.91. The maximum absolute atomic E-state index is 5.84. The van der Waals surface area contributed by atoms with Crippen molar-refractivity contribution in [3.8, 4) is 11.5 Å². The van der Waals surface area contributed by atoms with Gasteiger partial charge in [0.05, 0.1) is 11.2 Å². The molecule has 0 radical (unpaired) electrons. The molecule has 0 saturated carbocycles. The third-order valence-corrected chi connectivity index (χ3v) is 5.26. The lowest BCUT2D eigenvalue weighted by molar-refractivity contribution is 0.253. The van der Waals surface area contributed by atoms with Crippen LogP contribution < -0.4 is 9.47 Å². The molecule has 0 amide bonds. The van der Waals surface area contributed by atoms with Crippen LogP contribution in [0.5, 0.6) is 11.5 Å². The van der Waals surface area contributed by atoms with Gasteiger partial charge in [0.15, 0.2) is 0 Å². The van der Waals surface area contributed by atoms with Crippen molar-refractivity contribution in [1.29, 1.82) is 0 Å². The van der Waals surface area contributed by atoms with E-state index in [0.29, 0.717) is 6.61 Å². The third-order valence-electron chi connectivity index (χ3n) is 5.26. The Kier molecular flexibility index (Phi) is 4.18. The van der Waals surface area contributed by atoms with E-state index in [1.807, 2.05) is 12.1 Å². The Morgan fingerprint density at radius 3 is 2.78 bits per heavy atom. The number of rotatable bonds is 6. The molecule has 0 N–H and O–H groups in total. The van der Waals surface area contributed by atoms with Crippen molar-refractivity contribution >= 4 is 0 Å². The van der Waals surface area contributed by atoms with Gasteiger partial charge in [0, 0.05) is 12.5 Å². The molecule has 2 aliphatic heterocycles. The number of benzene rings is 1. The number of hydrogen-bond donors (Lipinski definition) is 0. The molecule has 3 rings (SSSR count). The van der Waals surface area contributed by atoms with Crippen LogP contribution in [0, 0.1) is 0 Å². The summed E-state index contributed by atoms with van der Waals surface area (Å²) in [5.74, 6) is 1.84. The molecule has 0 bridgehead atoms. The van der Waals surface area contributed by atoms with E-state index in [-0.39, 0.29) is 17.3 Å². The van der Waals surface area contributed by atoms with Gasteiger partial charge in [-0.15, -0.1) is 0 Å². The summed E-state index contributed by atoms with van der Waals surface area (Å²) in [6.07, 6.45) is 5.54. The minimum atomic E-state index is 0.0331. The molecule has 2 heterocycles. The van der Waals surface area contributed by atoms with E-state index in [0.717, 1.165) is 30.8 Å². The Hall–Kier alpha value is -1.48. The summed E-state index contributed by atoms with van der Waals surface area (Å²) in [5, 5.41) is 0. The summed E-state index contributed by atoms with van der Waals surface area (Å²) in [5.41, 5.74) is 2.70. The first kappa shape index (κ1) is 16.4. The van der Waals surface area contributed by atoms with Gasteiger partial charge in [-0.25, -0.2) is 0 Å². The van der Waals surface area contributed by atoms with Gasteiger partial charge in [-0.3, -0.25) is 0 Å². The molecular weight excluding hydrogens is 288 g/mol. The second-order valence-electron chi connectivity index (χ2n) is 7.61. The highest BCUT2D eigenvalue weighted by Gasteiger charge is 2.59. The molecule has 2 atom stereocenters. The van der Waals surface area contributed by atoms with Crippen LogP contribution in [-0.2, 0) is 11.2 Å². The Labute approximate surface area is 139 Å². The second-order valence-corrected chi connectivity index (χ2v) is 7.61. The van der Waals surface area contributed by atoms with Gasteiger partial charge in [-0.2, -0.15) is 0 Å². The quantitative estimate of drug-likeness (QED) is 0.564. The van der Waals surface area contributed by atoms with E-state index in [9.17, 15) is 0 Å². The maximum atomic E-state index is 5.84. The molecule has 3 heteroatoms. The minimum Gasteiger partial charge on any atom is -0.490 e. The molecule has 2 unspecified atom stereocenters. The van der Waals surface area contributed by atoms with Crippen molar-refractivity contribution in [3.63, 3.8) is 0 Å². The zero-order valence-electron chi connectivity index (χ0n) is 14.9. The zero-order chi connectivity index (χ0) is 16.7. The van der Waals surface area contributed by atoms with Crippen LogP contribution in [-0.4, -0.2) is 23.9 Å². The van der Waals surface area contributed by atoms with Gasteiger partial charge >= 0.3 is 0 Å². The highest BCUT2D eigenvalue weighted by molar-refractivity contribution is 5.43. The van der Waals surface area contributed by atoms with Crippen molar-refractivity contribution in [2.75, 3.05) is 6.61 Å². The van der Waals surface area contributed by atoms with Crippen LogP contribution in [0.3, 0.4) is 0 Å². The number of hydrogen-bond acceptors (Lipinski definition) is 3. The van der Waals surface area contributed by atoms with Crippen LogP contribution in [0.1, 0.15) is 53.0 Å². The molecule has 0 aliphatic carbocycles. The lowest BCUT2D eigenvalue weighted by Crippen LogP contribution is -2.16. The van der Waals surface area contributed by atoms with E-state index in [1.165, 1.54) is 11.1 Å². The average molecular weight is 316 g/mol. The Morgan fingerprint density at radius 1 is 1.35 bits per heavy atom. The van der Waals surface area contributed by atoms with Crippen molar-refractivity contribution < 1.29 is 14.2 Å². The van der Waals surface area contributed by atoms with Gasteiger partial charge < -0.3 is 14.2 Å². The third kappa shape index (κ3) is 3.55.